The topological polar surface area (TPSA) is 280 Å². The Balaban J connectivity index is 0.00000961. The summed E-state index contributed by atoms with van der Waals surface area (Å²) in [5, 5.41) is 59.8. The number of carboxylic acids is 6. The standard InChI is InChI=1S/C41H64N4O14.Gd/c1-24(4-11-34(48)49)28-7-8-29-27-6-5-25-18-26(12-13-40(25,2)30(27)19-32(46)41(28,29)3)42-33(47)10-9-31(39(58)59)45(16-14-43(20-35(50)51)21-36(52)53)17-15-44(22-37(54)55)23-38(56)57;/h24-31H,4-23H2,1-3H3,(H,42,47)(H,48,49)(H,50,51)(H,52,53)(H,54,55)(H,56,57)(H,58,59);/q;+3/t24?,25?,26-,27?,28+,29?,30?,31+,40-,41+;/m0./s1. The van der Waals surface area contributed by atoms with Crippen LogP contribution in [0.1, 0.15) is 97.8 Å². The molecule has 0 heterocycles. The fourth-order valence-corrected chi connectivity index (χ4v) is 11.8. The molecule has 4 rings (SSSR count). The van der Waals surface area contributed by atoms with Crippen LogP contribution in [0.25, 0.3) is 0 Å². The van der Waals surface area contributed by atoms with Crippen LogP contribution in [0.2, 0.25) is 0 Å². The molecule has 0 saturated heterocycles. The van der Waals surface area contributed by atoms with Crippen molar-refractivity contribution in [2.24, 2.45) is 46.3 Å². The number of rotatable bonds is 24. The van der Waals surface area contributed by atoms with Gasteiger partial charge in [0.2, 0.25) is 5.91 Å². The zero-order chi connectivity index (χ0) is 43.8. The van der Waals surface area contributed by atoms with Gasteiger partial charge in [0.1, 0.15) is 11.8 Å². The minimum Gasteiger partial charge on any atom is -0.481 e. The first-order valence-corrected chi connectivity index (χ1v) is 21.0. The molecule has 0 bridgehead atoms. The Hall–Kier alpha value is -2.84. The van der Waals surface area contributed by atoms with Crippen molar-refractivity contribution < 1.29 is 109 Å². The second-order valence-corrected chi connectivity index (χ2v) is 18.1. The predicted molar refractivity (Wildman–Crippen MR) is 209 cm³/mol. The Morgan fingerprint density at radius 3 is 1.75 bits per heavy atom. The maximum absolute atomic E-state index is 14.2. The molecule has 4 aliphatic rings. The molecule has 1 radical (unpaired) electrons. The van der Waals surface area contributed by atoms with Gasteiger partial charge in [0.05, 0.1) is 26.2 Å². The normalized spacial score (nSPS) is 29.4. The van der Waals surface area contributed by atoms with Crippen LogP contribution in [0.3, 0.4) is 0 Å². The zero-order valence-corrected chi connectivity index (χ0v) is 37.2. The Bertz CT molecular complexity index is 1530. The number of amides is 1. The van der Waals surface area contributed by atoms with E-state index in [1.54, 1.807) is 0 Å². The number of ketones is 1. The second kappa shape index (κ2) is 22.5. The van der Waals surface area contributed by atoms with Gasteiger partial charge in [-0.2, -0.15) is 0 Å². The first kappa shape index (κ1) is 51.5. The van der Waals surface area contributed by atoms with Gasteiger partial charge in [-0.3, -0.25) is 53.1 Å². The van der Waals surface area contributed by atoms with Crippen molar-refractivity contribution in [1.29, 1.82) is 0 Å². The van der Waals surface area contributed by atoms with Gasteiger partial charge in [0, 0.05) is 56.9 Å². The van der Waals surface area contributed by atoms with Gasteiger partial charge in [-0.05, 0) is 98.7 Å². The Morgan fingerprint density at radius 1 is 0.700 bits per heavy atom. The van der Waals surface area contributed by atoms with E-state index >= 15 is 0 Å². The van der Waals surface area contributed by atoms with Gasteiger partial charge in [0.15, 0.2) is 0 Å². The number of nitrogens with one attached hydrogen (secondary N) is 1. The molecule has 0 aromatic heterocycles. The van der Waals surface area contributed by atoms with Crippen molar-refractivity contribution in [3.63, 3.8) is 0 Å². The van der Waals surface area contributed by atoms with Crippen LogP contribution in [0.4, 0.5) is 0 Å². The largest absolute Gasteiger partial charge is 3.00 e. The maximum atomic E-state index is 14.2. The molecule has 4 aliphatic carbocycles. The molecular weight excluding hydrogens is 930 g/mol. The molecule has 337 valence electrons. The van der Waals surface area contributed by atoms with E-state index in [9.17, 15) is 69.0 Å². The van der Waals surface area contributed by atoms with Crippen LogP contribution < -0.4 is 5.32 Å². The van der Waals surface area contributed by atoms with Gasteiger partial charge in [0.25, 0.3) is 0 Å². The summed E-state index contributed by atoms with van der Waals surface area (Å²) < 4.78 is 0. The van der Waals surface area contributed by atoms with E-state index in [-0.39, 0.29) is 132 Å². The van der Waals surface area contributed by atoms with E-state index in [1.807, 2.05) is 0 Å². The molecule has 5 unspecified atom stereocenters. The number of hydrogen-bond acceptors (Lipinski definition) is 11. The van der Waals surface area contributed by atoms with Crippen molar-refractivity contribution in [1.82, 2.24) is 20.0 Å². The Morgan fingerprint density at radius 2 is 1.25 bits per heavy atom. The summed E-state index contributed by atoms with van der Waals surface area (Å²) in [4.78, 5) is 101. The molecule has 4 saturated carbocycles. The average molecular weight is 994 g/mol. The minimum absolute atomic E-state index is 0. The van der Waals surface area contributed by atoms with Crippen molar-refractivity contribution in [3.8, 4) is 0 Å². The van der Waals surface area contributed by atoms with Gasteiger partial charge >= 0.3 is 75.8 Å². The van der Waals surface area contributed by atoms with E-state index in [2.05, 4.69) is 26.1 Å². The number of Topliss-reactive ketones (excluding diaryl/α,β-unsaturated/α-hetero) is 1. The van der Waals surface area contributed by atoms with E-state index < -0.39 is 73.5 Å². The third-order valence-corrected chi connectivity index (χ3v) is 14.7. The van der Waals surface area contributed by atoms with Gasteiger partial charge in [-0.25, -0.2) is 0 Å². The summed E-state index contributed by atoms with van der Waals surface area (Å²) in [5.74, 6) is -5.82. The number of carbonyl (C=O) groups is 8. The maximum Gasteiger partial charge on any atom is 3.00 e. The van der Waals surface area contributed by atoms with Crippen LogP contribution >= 0.6 is 0 Å². The first-order chi connectivity index (χ1) is 27.6. The first-order valence-electron chi connectivity index (χ1n) is 21.0. The number of nitrogens with zero attached hydrogens (tertiary/aromatic N) is 3. The number of hydrogen-bond donors (Lipinski definition) is 7. The van der Waals surface area contributed by atoms with Crippen LogP contribution in [-0.2, 0) is 38.4 Å². The summed E-state index contributed by atoms with van der Waals surface area (Å²) >= 11 is 0. The summed E-state index contributed by atoms with van der Waals surface area (Å²) in [6, 6.07) is -1.46. The molecular formula is C41H64GdN4O14+3. The van der Waals surface area contributed by atoms with Crippen LogP contribution in [-0.4, -0.2) is 157 Å². The molecule has 0 aromatic carbocycles. The molecule has 1 amide bonds. The molecule has 0 aliphatic heterocycles. The second-order valence-electron chi connectivity index (χ2n) is 18.1. The summed E-state index contributed by atoms with van der Waals surface area (Å²) in [5.41, 5.74) is -0.517. The molecule has 4 fully saturated rings. The molecule has 60 heavy (non-hydrogen) atoms. The van der Waals surface area contributed by atoms with Gasteiger partial charge in [-0.15, -0.1) is 0 Å². The van der Waals surface area contributed by atoms with Crippen LogP contribution in [0.15, 0.2) is 0 Å². The van der Waals surface area contributed by atoms with Crippen molar-refractivity contribution >= 4 is 47.5 Å². The fourth-order valence-electron chi connectivity index (χ4n) is 11.8. The van der Waals surface area contributed by atoms with E-state index in [1.165, 1.54) is 4.90 Å². The van der Waals surface area contributed by atoms with E-state index in [4.69, 9.17) is 0 Å². The number of carbonyl (C=O) groups excluding carboxylic acids is 2. The van der Waals surface area contributed by atoms with Gasteiger partial charge in [-0.1, -0.05) is 20.8 Å². The third kappa shape index (κ3) is 13.1. The van der Waals surface area contributed by atoms with Crippen LogP contribution in [0, 0.1) is 86.3 Å². The Kier molecular flexibility index (Phi) is 19.3. The number of aliphatic carboxylic acids is 6. The molecule has 0 spiro atoms. The molecule has 7 N–H and O–H groups in total. The monoisotopic (exact) mass is 994 g/mol. The third-order valence-electron chi connectivity index (χ3n) is 14.7. The molecule has 18 nitrogen and oxygen atoms in total. The summed E-state index contributed by atoms with van der Waals surface area (Å²) in [7, 11) is 0. The summed E-state index contributed by atoms with van der Waals surface area (Å²) in [6.45, 7) is 3.29. The predicted octanol–water partition coefficient (Wildman–Crippen LogP) is 2.29. The fraction of sp³-hybridized carbons (Fsp3) is 0.805. The summed E-state index contributed by atoms with van der Waals surface area (Å²) in [6.07, 6.45) is 6.98. The average Bonchev–Trinajstić information content (AvgIpc) is 3.49. The SMILES string of the molecule is CC(CCC(=O)O)[C@H]1CCC2C3CCC4C[C@@H](NC(=O)CC[C@H](C(=O)O)N(CCN(CC(=O)O)CC(=O)O)CCN(CC(=O)O)CC(=O)O)CC[C@]4(C)C3CC(=O)[C@@]21C.[Gd+3]. The van der Waals surface area contributed by atoms with Crippen molar-refractivity contribution in [3.05, 3.63) is 0 Å². The van der Waals surface area contributed by atoms with E-state index in [0.717, 1.165) is 48.3 Å². The van der Waals surface area contributed by atoms with Crippen molar-refractivity contribution in [2.45, 2.75) is 110 Å². The van der Waals surface area contributed by atoms with Crippen LogP contribution in [0.5, 0.6) is 0 Å². The molecule has 0 aromatic rings. The van der Waals surface area contributed by atoms with Gasteiger partial charge < -0.3 is 36.0 Å². The molecule has 19 heteroatoms. The number of fused-ring (bicyclic) bond motifs is 5. The number of carboxylic acid groups (broad SMARTS) is 6. The minimum atomic E-state index is -1.32. The zero-order valence-electron chi connectivity index (χ0n) is 34.9. The van der Waals surface area contributed by atoms with Crippen molar-refractivity contribution in [2.75, 3.05) is 52.4 Å². The molecule has 10 atom stereocenters. The Labute approximate surface area is 382 Å². The smallest absolute Gasteiger partial charge is 0.481 e. The quantitative estimate of drug-likeness (QED) is 0.0731. The van der Waals surface area contributed by atoms with E-state index in [0.29, 0.717) is 31.0 Å².